The van der Waals surface area contributed by atoms with E-state index < -0.39 is 88.8 Å². The van der Waals surface area contributed by atoms with Crippen LogP contribution in [0.5, 0.6) is 23.0 Å². The van der Waals surface area contributed by atoms with Crippen LogP contribution in [-0.2, 0) is 23.8 Å². The number of fused-ring (bicyclic) bond motifs is 14. The fraction of sp³-hybridized carbons (Fsp3) is 0.523. The summed E-state index contributed by atoms with van der Waals surface area (Å²) in [5.41, 5.74) is -0.544. The molecule has 4 heterocycles. The van der Waals surface area contributed by atoms with Crippen LogP contribution in [0.15, 0.2) is 46.3 Å². The molecule has 1 fully saturated rings. The number of aromatic hydroxyl groups is 3. The number of phenols is 3. The SMILES string of the molecule is COC1/C=C/OC2(C)Oc3c(C)c(O)c4c(O)c(c(/C=N/N=C/N5CCCCC5)c(O)c4c3C2=O)NC(=O)/C(C)=C\C=C\C(C)C(O)C(C)C(O)C(C)C(OC(C)=O)C1C. The van der Waals surface area contributed by atoms with Crippen LogP contribution < -0.4 is 10.1 Å². The number of nitrogens with one attached hydrogen (secondary N) is 1. The molecule has 326 valence electrons. The zero-order chi connectivity index (χ0) is 44.2. The Hall–Kier alpha value is -5.45. The molecule has 9 unspecified atom stereocenters. The molecule has 0 radical (unpaired) electrons. The maximum atomic E-state index is 14.4. The minimum absolute atomic E-state index is 0.0408. The maximum absolute atomic E-state index is 14.4. The molecule has 6 N–H and O–H groups in total. The fourth-order valence-corrected chi connectivity index (χ4v) is 8.10. The highest BCUT2D eigenvalue weighted by atomic mass is 16.7. The Labute approximate surface area is 349 Å². The molecule has 0 aromatic heterocycles. The summed E-state index contributed by atoms with van der Waals surface area (Å²) in [5.74, 6) is -8.56. The zero-order valence-electron chi connectivity index (χ0n) is 35.6. The number of nitrogens with zero attached hydrogens (tertiary/aromatic N) is 3. The Balaban J connectivity index is 1.69. The van der Waals surface area contributed by atoms with Gasteiger partial charge in [-0.05, 0) is 39.2 Å². The van der Waals surface area contributed by atoms with E-state index in [-0.39, 0.29) is 44.5 Å². The normalized spacial score (nSPS) is 31.5. The fourth-order valence-electron chi connectivity index (χ4n) is 8.10. The van der Waals surface area contributed by atoms with Crippen LogP contribution in [0.1, 0.15) is 89.2 Å². The quantitative estimate of drug-likeness (QED) is 0.0539. The van der Waals surface area contributed by atoms with Crippen LogP contribution >= 0.6 is 0 Å². The molecule has 0 saturated carbocycles. The number of ketones is 1. The van der Waals surface area contributed by atoms with Crippen molar-refractivity contribution in [2.75, 3.05) is 25.5 Å². The third-order valence-electron chi connectivity index (χ3n) is 11.9. The molecular formula is C44H58N4O12. The molecular weight excluding hydrogens is 776 g/mol. The number of benzene rings is 2. The second kappa shape index (κ2) is 18.9. The van der Waals surface area contributed by atoms with E-state index >= 15 is 0 Å². The number of piperidine rings is 1. The molecule has 0 spiro atoms. The number of phenolic OH excluding ortho intramolecular Hbond substituents is 3. The van der Waals surface area contributed by atoms with Gasteiger partial charge >= 0.3 is 11.8 Å². The number of aliphatic hydroxyl groups excluding tert-OH is 2. The molecule has 0 aliphatic carbocycles. The van der Waals surface area contributed by atoms with Gasteiger partial charge in [-0.3, -0.25) is 14.4 Å². The Morgan fingerprint density at radius 3 is 2.27 bits per heavy atom. The van der Waals surface area contributed by atoms with Gasteiger partial charge in [-0.2, -0.15) is 5.10 Å². The molecule has 2 aromatic carbocycles. The van der Waals surface area contributed by atoms with Gasteiger partial charge in [0.15, 0.2) is 5.75 Å². The second-order valence-electron chi connectivity index (χ2n) is 16.2. The predicted octanol–water partition coefficient (Wildman–Crippen LogP) is 5.60. The third-order valence-corrected chi connectivity index (χ3v) is 11.9. The van der Waals surface area contributed by atoms with E-state index in [1.807, 2.05) is 4.90 Å². The number of rotatable bonds is 5. The molecule has 16 heteroatoms. The number of allylic oxidation sites excluding steroid dienone is 2. The Morgan fingerprint density at radius 1 is 0.933 bits per heavy atom. The van der Waals surface area contributed by atoms with Crippen molar-refractivity contribution in [2.24, 2.45) is 33.9 Å². The van der Waals surface area contributed by atoms with Crippen molar-refractivity contribution in [1.29, 1.82) is 0 Å². The Kier molecular flexibility index (Phi) is 14.3. The number of hydrogen-bond acceptors (Lipinski definition) is 14. The molecule has 1 amide bonds. The molecule has 9 atom stereocenters. The smallest absolute Gasteiger partial charge is 0.312 e. The molecule has 6 rings (SSSR count). The number of carbonyl (C=O) groups is 3. The van der Waals surface area contributed by atoms with Crippen molar-refractivity contribution < 1.29 is 58.9 Å². The third kappa shape index (κ3) is 9.15. The number of methoxy groups -OCH3 is 1. The summed E-state index contributed by atoms with van der Waals surface area (Å²) in [6.45, 7) is 14.1. The first kappa shape index (κ1) is 45.6. The highest BCUT2D eigenvalue weighted by Gasteiger charge is 2.50. The van der Waals surface area contributed by atoms with E-state index in [0.29, 0.717) is 0 Å². The van der Waals surface area contributed by atoms with Crippen LogP contribution in [0.25, 0.3) is 10.8 Å². The van der Waals surface area contributed by atoms with E-state index in [4.69, 9.17) is 18.9 Å². The minimum Gasteiger partial charge on any atom is -0.507 e. The van der Waals surface area contributed by atoms with Crippen molar-refractivity contribution in [3.05, 3.63) is 52.8 Å². The summed E-state index contributed by atoms with van der Waals surface area (Å²) in [7, 11) is 1.43. The first-order valence-corrected chi connectivity index (χ1v) is 20.2. The number of ether oxygens (including phenoxy) is 4. The summed E-state index contributed by atoms with van der Waals surface area (Å²) in [6.07, 6.45) is 9.29. The van der Waals surface area contributed by atoms with Crippen LogP contribution in [0, 0.1) is 30.6 Å². The number of amides is 1. The number of hydrogen-bond donors (Lipinski definition) is 6. The maximum Gasteiger partial charge on any atom is 0.312 e. The van der Waals surface area contributed by atoms with Crippen LogP contribution in [0.4, 0.5) is 5.69 Å². The van der Waals surface area contributed by atoms with Gasteiger partial charge in [-0.15, -0.1) is 5.10 Å². The van der Waals surface area contributed by atoms with Gasteiger partial charge in [0.1, 0.15) is 29.7 Å². The van der Waals surface area contributed by atoms with Crippen molar-refractivity contribution >= 4 is 46.7 Å². The lowest BCUT2D eigenvalue weighted by molar-refractivity contribution is -0.160. The second-order valence-corrected chi connectivity index (χ2v) is 16.2. The number of anilines is 1. The number of likely N-dealkylation sites (tertiary alicyclic amines) is 1. The van der Waals surface area contributed by atoms with Crippen LogP contribution in [0.2, 0.25) is 0 Å². The van der Waals surface area contributed by atoms with E-state index in [2.05, 4.69) is 15.5 Å². The lowest BCUT2D eigenvalue weighted by Gasteiger charge is -2.38. The molecule has 16 nitrogen and oxygen atoms in total. The lowest BCUT2D eigenvalue weighted by Crippen LogP contribution is -2.46. The highest BCUT2D eigenvalue weighted by Crippen LogP contribution is 2.55. The van der Waals surface area contributed by atoms with E-state index in [1.165, 1.54) is 53.2 Å². The Bertz CT molecular complexity index is 2120. The molecule has 60 heavy (non-hydrogen) atoms. The first-order valence-electron chi connectivity index (χ1n) is 20.2. The minimum atomic E-state index is -2.06. The largest absolute Gasteiger partial charge is 0.507 e. The van der Waals surface area contributed by atoms with Crippen LogP contribution in [0.3, 0.4) is 0 Å². The van der Waals surface area contributed by atoms with Crippen molar-refractivity contribution in [3.8, 4) is 23.0 Å². The van der Waals surface area contributed by atoms with Gasteiger partial charge in [-0.1, -0.05) is 45.9 Å². The average molecular weight is 835 g/mol. The number of aliphatic hydroxyl groups is 2. The van der Waals surface area contributed by atoms with Crippen molar-refractivity contribution in [1.82, 2.24) is 4.90 Å². The van der Waals surface area contributed by atoms with Crippen LogP contribution in [-0.4, -0.2) is 111 Å². The predicted molar refractivity (Wildman–Crippen MR) is 225 cm³/mol. The van der Waals surface area contributed by atoms with E-state index in [0.717, 1.165) is 38.6 Å². The van der Waals surface area contributed by atoms with E-state index in [9.17, 15) is 39.9 Å². The lowest BCUT2D eigenvalue weighted by atomic mass is 9.78. The first-order chi connectivity index (χ1) is 28.3. The molecule has 4 aliphatic rings. The number of carbonyl (C=O) groups excluding carboxylic acids is 3. The van der Waals surface area contributed by atoms with Gasteiger partial charge in [-0.25, -0.2) is 0 Å². The number of esters is 1. The standard InChI is InChI=1S/C44H58N4O12/c1-22-14-13-15-23(2)43(56)47-34-29(20-45-46-21-48-17-11-10-12-18-48)38(53)31-32(39(34)54)37(52)27(6)41-33(31)42(55)44(8,60-41)58-19-16-30(57-9)24(3)40(59-28(7)49)26(5)36(51)25(4)35(22)50/h13-16,19-22,24-26,30,35-36,40,50-54H,10-12,17-18H2,1-9H3,(H,47,56)/b14-13+,19-16+,23-15-,45-20+,46-21+. The Morgan fingerprint density at radius 2 is 1.62 bits per heavy atom. The molecule has 4 aliphatic heterocycles. The van der Waals surface area contributed by atoms with Crippen molar-refractivity contribution in [3.63, 3.8) is 0 Å². The van der Waals surface area contributed by atoms with E-state index in [1.54, 1.807) is 46.2 Å². The monoisotopic (exact) mass is 834 g/mol. The molecule has 2 aromatic rings. The molecule has 5 bridgehead atoms. The van der Waals surface area contributed by atoms with Gasteiger partial charge in [0.05, 0.1) is 53.0 Å². The summed E-state index contributed by atoms with van der Waals surface area (Å²) in [5, 5.41) is 68.6. The highest BCUT2D eigenvalue weighted by molar-refractivity contribution is 6.23. The average Bonchev–Trinajstić information content (AvgIpc) is 3.48. The molecule has 1 saturated heterocycles. The van der Waals surface area contributed by atoms with Gasteiger partial charge < -0.3 is 54.7 Å². The summed E-state index contributed by atoms with van der Waals surface area (Å²) in [6, 6.07) is 0. The summed E-state index contributed by atoms with van der Waals surface area (Å²) >= 11 is 0. The number of Topliss-reactive ketones (excluding diaryl/α,β-unsaturated/α-hetero) is 1. The van der Waals surface area contributed by atoms with Gasteiger partial charge in [0, 0.05) is 74.2 Å². The van der Waals surface area contributed by atoms with Gasteiger partial charge in [0.25, 0.3) is 11.7 Å². The summed E-state index contributed by atoms with van der Waals surface area (Å²) in [4.78, 5) is 42.4. The van der Waals surface area contributed by atoms with Crippen molar-refractivity contribution in [2.45, 2.75) is 105 Å². The summed E-state index contributed by atoms with van der Waals surface area (Å²) < 4.78 is 23.6. The van der Waals surface area contributed by atoms with Gasteiger partial charge in [0.2, 0.25) is 0 Å². The topological polar surface area (TPSA) is 229 Å². The zero-order valence-corrected chi connectivity index (χ0v) is 35.6.